The lowest BCUT2D eigenvalue weighted by atomic mass is 10.2. The first-order chi connectivity index (χ1) is 9.81. The van der Waals surface area contributed by atoms with Gasteiger partial charge in [0, 0.05) is 12.3 Å². The van der Waals surface area contributed by atoms with Crippen molar-refractivity contribution in [2.45, 2.75) is 19.4 Å². The zero-order valence-corrected chi connectivity index (χ0v) is 11.2. The first kappa shape index (κ1) is 12.8. The van der Waals surface area contributed by atoms with Crippen LogP contribution < -0.4 is 4.74 Å². The van der Waals surface area contributed by atoms with Crippen LogP contribution in [0, 0.1) is 5.92 Å². The van der Waals surface area contributed by atoms with Crippen molar-refractivity contribution in [3.05, 3.63) is 53.7 Å². The van der Waals surface area contributed by atoms with E-state index in [1.165, 1.54) is 12.8 Å². The van der Waals surface area contributed by atoms with E-state index in [1.807, 2.05) is 30.3 Å². The summed E-state index contributed by atoms with van der Waals surface area (Å²) in [6.45, 7) is 1.00. The van der Waals surface area contributed by atoms with Crippen molar-refractivity contribution in [3.8, 4) is 5.88 Å². The Morgan fingerprint density at radius 1 is 1.25 bits per heavy atom. The van der Waals surface area contributed by atoms with Crippen molar-refractivity contribution in [2.75, 3.05) is 6.61 Å². The van der Waals surface area contributed by atoms with Crippen LogP contribution in [0.1, 0.15) is 28.8 Å². The molecule has 1 aromatic carbocycles. The first-order valence-electron chi connectivity index (χ1n) is 6.83. The molecule has 104 valence electrons. The van der Waals surface area contributed by atoms with Gasteiger partial charge in [-0.25, -0.2) is 4.79 Å². The van der Waals surface area contributed by atoms with Crippen LogP contribution in [0.3, 0.4) is 0 Å². The van der Waals surface area contributed by atoms with E-state index in [0.29, 0.717) is 17.4 Å². The predicted octanol–water partition coefficient (Wildman–Crippen LogP) is 3.16. The van der Waals surface area contributed by atoms with Crippen molar-refractivity contribution < 1.29 is 14.3 Å². The van der Waals surface area contributed by atoms with Crippen molar-refractivity contribution >= 4 is 5.97 Å². The normalized spacial score (nSPS) is 14.0. The van der Waals surface area contributed by atoms with E-state index in [4.69, 9.17) is 9.47 Å². The highest BCUT2D eigenvalue weighted by Crippen LogP contribution is 2.29. The minimum atomic E-state index is -0.341. The summed E-state index contributed by atoms with van der Waals surface area (Å²) in [5.74, 6) is 0.974. The quantitative estimate of drug-likeness (QED) is 0.821. The number of nitrogens with one attached hydrogen (secondary N) is 1. The molecule has 0 amide bonds. The highest BCUT2D eigenvalue weighted by Gasteiger charge is 2.22. The fourth-order valence-corrected chi connectivity index (χ4v) is 1.87. The third-order valence-electron chi connectivity index (χ3n) is 3.28. The van der Waals surface area contributed by atoms with E-state index in [0.717, 1.165) is 12.2 Å². The lowest BCUT2D eigenvalue weighted by Gasteiger charge is -2.03. The first-order valence-corrected chi connectivity index (χ1v) is 6.83. The van der Waals surface area contributed by atoms with Crippen molar-refractivity contribution in [3.63, 3.8) is 0 Å². The summed E-state index contributed by atoms with van der Waals surface area (Å²) < 4.78 is 10.8. The second-order valence-corrected chi connectivity index (χ2v) is 5.07. The number of carbonyl (C=O) groups excluding carboxylic acids is 1. The molecule has 0 spiro atoms. The average molecular weight is 271 g/mol. The molecule has 1 heterocycles. The van der Waals surface area contributed by atoms with Crippen LogP contribution >= 0.6 is 0 Å². The number of benzene rings is 1. The molecule has 2 aromatic rings. The predicted molar refractivity (Wildman–Crippen MR) is 74.6 cm³/mol. The van der Waals surface area contributed by atoms with Gasteiger partial charge in [0.15, 0.2) is 5.88 Å². The monoisotopic (exact) mass is 271 g/mol. The maximum Gasteiger partial charge on any atom is 0.340 e. The van der Waals surface area contributed by atoms with Gasteiger partial charge in [-0.05, 0) is 24.3 Å². The van der Waals surface area contributed by atoms with Crippen LogP contribution in [-0.2, 0) is 11.3 Å². The second kappa shape index (κ2) is 5.82. The molecule has 1 aliphatic carbocycles. The summed E-state index contributed by atoms with van der Waals surface area (Å²) in [5.41, 5.74) is 1.47. The summed E-state index contributed by atoms with van der Waals surface area (Å²) in [4.78, 5) is 14.8. The Morgan fingerprint density at radius 3 is 2.80 bits per heavy atom. The number of hydrogen-bond donors (Lipinski definition) is 1. The van der Waals surface area contributed by atoms with Crippen molar-refractivity contribution in [2.24, 2.45) is 5.92 Å². The fourth-order valence-electron chi connectivity index (χ4n) is 1.87. The molecular weight excluding hydrogens is 254 g/mol. The van der Waals surface area contributed by atoms with Crippen LogP contribution in [0.4, 0.5) is 0 Å². The average Bonchev–Trinajstić information content (AvgIpc) is 3.20. The van der Waals surface area contributed by atoms with Gasteiger partial charge in [-0.3, -0.25) is 0 Å². The van der Waals surface area contributed by atoms with Crippen LogP contribution in [0.5, 0.6) is 5.88 Å². The van der Waals surface area contributed by atoms with Crippen LogP contribution in [0.2, 0.25) is 0 Å². The molecule has 0 saturated heterocycles. The van der Waals surface area contributed by atoms with Crippen molar-refractivity contribution in [1.82, 2.24) is 4.98 Å². The Kier molecular flexibility index (Phi) is 3.72. The Balaban J connectivity index is 1.51. The number of aromatic amines is 1. The number of rotatable bonds is 6. The summed E-state index contributed by atoms with van der Waals surface area (Å²) >= 11 is 0. The van der Waals surface area contributed by atoms with Crippen molar-refractivity contribution in [1.29, 1.82) is 0 Å². The van der Waals surface area contributed by atoms with Gasteiger partial charge in [0.25, 0.3) is 0 Å². The van der Waals surface area contributed by atoms with Gasteiger partial charge in [-0.1, -0.05) is 30.3 Å². The lowest BCUT2D eigenvalue weighted by Crippen LogP contribution is -2.04. The molecule has 0 bridgehead atoms. The van der Waals surface area contributed by atoms with E-state index in [2.05, 4.69) is 4.98 Å². The molecule has 1 aromatic heterocycles. The van der Waals surface area contributed by atoms with Gasteiger partial charge in [-0.15, -0.1) is 0 Å². The highest BCUT2D eigenvalue weighted by molar-refractivity contribution is 5.89. The lowest BCUT2D eigenvalue weighted by molar-refractivity contribution is 0.0473. The molecule has 3 rings (SSSR count). The summed E-state index contributed by atoms with van der Waals surface area (Å²) in [6.07, 6.45) is 4.11. The zero-order valence-electron chi connectivity index (χ0n) is 11.2. The molecule has 1 fully saturated rings. The number of ether oxygens (including phenoxy) is 2. The molecule has 0 aliphatic heterocycles. The minimum absolute atomic E-state index is 0.281. The Bertz CT molecular complexity index is 572. The van der Waals surface area contributed by atoms with Gasteiger partial charge in [0.2, 0.25) is 0 Å². The van der Waals surface area contributed by atoms with E-state index in [-0.39, 0.29) is 12.6 Å². The molecule has 0 radical (unpaired) electrons. The summed E-state index contributed by atoms with van der Waals surface area (Å²) in [7, 11) is 0. The Morgan fingerprint density at radius 2 is 2.05 bits per heavy atom. The SMILES string of the molecule is O=C(OCc1ccccc1)c1c[nH]c(OCC2CC2)c1. The zero-order chi connectivity index (χ0) is 13.8. The second-order valence-electron chi connectivity index (χ2n) is 5.07. The number of esters is 1. The Hall–Kier alpha value is -2.23. The summed E-state index contributed by atoms with van der Waals surface area (Å²) in [5, 5.41) is 0. The number of hydrogen-bond acceptors (Lipinski definition) is 3. The van der Waals surface area contributed by atoms with Crippen LogP contribution in [0.15, 0.2) is 42.6 Å². The molecule has 0 atom stereocenters. The molecule has 4 heteroatoms. The van der Waals surface area contributed by atoms with E-state index >= 15 is 0 Å². The Labute approximate surface area is 117 Å². The van der Waals surface area contributed by atoms with Gasteiger partial charge in [0.05, 0.1) is 12.2 Å². The van der Waals surface area contributed by atoms with Gasteiger partial charge in [-0.2, -0.15) is 0 Å². The van der Waals surface area contributed by atoms with Gasteiger partial charge >= 0.3 is 5.97 Å². The van der Waals surface area contributed by atoms with Gasteiger partial charge in [0.1, 0.15) is 6.61 Å². The fraction of sp³-hybridized carbons (Fsp3) is 0.312. The van der Waals surface area contributed by atoms with Gasteiger partial charge < -0.3 is 14.5 Å². The standard InChI is InChI=1S/C16H17NO3/c18-16(20-11-12-4-2-1-3-5-12)14-8-15(17-9-14)19-10-13-6-7-13/h1-5,8-9,13,17H,6-7,10-11H2. The third-order valence-corrected chi connectivity index (χ3v) is 3.28. The number of carbonyl (C=O) groups is 1. The summed E-state index contributed by atoms with van der Waals surface area (Å²) in [6, 6.07) is 11.3. The molecule has 20 heavy (non-hydrogen) atoms. The molecule has 1 N–H and O–H groups in total. The topological polar surface area (TPSA) is 51.3 Å². The molecule has 0 unspecified atom stereocenters. The van der Waals surface area contributed by atoms with E-state index in [1.54, 1.807) is 12.3 Å². The molecular formula is C16H17NO3. The van der Waals surface area contributed by atoms with Crippen LogP contribution in [0.25, 0.3) is 0 Å². The van der Waals surface area contributed by atoms with Crippen LogP contribution in [-0.4, -0.2) is 17.6 Å². The third kappa shape index (κ3) is 3.41. The minimum Gasteiger partial charge on any atom is -0.479 e. The molecule has 1 saturated carbocycles. The van der Waals surface area contributed by atoms with E-state index < -0.39 is 0 Å². The van der Waals surface area contributed by atoms with E-state index in [9.17, 15) is 4.79 Å². The smallest absolute Gasteiger partial charge is 0.340 e. The maximum atomic E-state index is 11.9. The molecule has 1 aliphatic rings. The number of aromatic nitrogens is 1. The highest BCUT2D eigenvalue weighted by atomic mass is 16.5. The largest absolute Gasteiger partial charge is 0.479 e. The molecule has 4 nitrogen and oxygen atoms in total. The number of H-pyrrole nitrogens is 1. The maximum absolute atomic E-state index is 11.9.